The molecule has 1 heterocycles. The number of carbonyl (C=O) groups is 1. The quantitative estimate of drug-likeness (QED) is 0.908. The lowest BCUT2D eigenvalue weighted by Gasteiger charge is -2.19. The smallest absolute Gasteiger partial charge is 0.255 e. The third kappa shape index (κ3) is 3.88. The van der Waals surface area contributed by atoms with E-state index in [9.17, 15) is 4.79 Å². The second kappa shape index (κ2) is 6.95. The molecular weight excluding hydrogens is 294 g/mol. The molecule has 7 heteroatoms. The molecule has 0 aliphatic heterocycles. The van der Waals surface area contributed by atoms with Gasteiger partial charge in [-0.2, -0.15) is 4.98 Å². The Morgan fingerprint density at radius 2 is 1.91 bits per heavy atom. The number of carbonyl (C=O) groups excluding carboxylic acids is 1. The summed E-state index contributed by atoms with van der Waals surface area (Å²) in [5, 5.41) is 2.85. The standard InChI is InChI=1S/C16H21N5O2/c1-20(2)14-13(10-17-16(19-14)21(3)4)18-15(22)11-7-6-8-12(9-11)23-5/h6-10H,1-5H3,(H,18,22). The van der Waals surface area contributed by atoms with Gasteiger partial charge in [-0.15, -0.1) is 0 Å². The highest BCUT2D eigenvalue weighted by atomic mass is 16.5. The van der Waals surface area contributed by atoms with Crippen molar-refractivity contribution in [3.05, 3.63) is 36.0 Å². The van der Waals surface area contributed by atoms with Crippen LogP contribution in [0.5, 0.6) is 5.75 Å². The zero-order chi connectivity index (χ0) is 17.0. The van der Waals surface area contributed by atoms with Crippen LogP contribution in [-0.2, 0) is 0 Å². The molecule has 1 N–H and O–H groups in total. The first-order chi connectivity index (χ1) is 10.9. The second-order valence-electron chi connectivity index (χ2n) is 5.38. The molecule has 0 spiro atoms. The lowest BCUT2D eigenvalue weighted by Crippen LogP contribution is -2.21. The van der Waals surface area contributed by atoms with Gasteiger partial charge in [0, 0.05) is 33.8 Å². The number of amides is 1. The molecule has 2 rings (SSSR count). The minimum atomic E-state index is -0.242. The van der Waals surface area contributed by atoms with Crippen LogP contribution >= 0.6 is 0 Å². The van der Waals surface area contributed by atoms with Crippen molar-refractivity contribution < 1.29 is 9.53 Å². The molecule has 0 aliphatic carbocycles. The van der Waals surface area contributed by atoms with Gasteiger partial charge in [0.25, 0.3) is 5.91 Å². The molecule has 2 aromatic rings. The molecule has 1 aromatic carbocycles. The fourth-order valence-electron chi connectivity index (χ4n) is 1.97. The number of hydrogen-bond acceptors (Lipinski definition) is 6. The Morgan fingerprint density at radius 1 is 1.17 bits per heavy atom. The summed E-state index contributed by atoms with van der Waals surface area (Å²) in [7, 11) is 9.02. The topological polar surface area (TPSA) is 70.6 Å². The molecule has 0 aliphatic rings. The zero-order valence-corrected chi connectivity index (χ0v) is 14.0. The van der Waals surface area contributed by atoms with E-state index in [-0.39, 0.29) is 5.91 Å². The highest BCUT2D eigenvalue weighted by molar-refractivity contribution is 6.05. The van der Waals surface area contributed by atoms with E-state index >= 15 is 0 Å². The Labute approximate surface area is 135 Å². The highest BCUT2D eigenvalue weighted by Gasteiger charge is 2.14. The Balaban J connectivity index is 2.29. The summed E-state index contributed by atoms with van der Waals surface area (Å²) in [6.07, 6.45) is 1.61. The van der Waals surface area contributed by atoms with E-state index in [1.807, 2.05) is 33.1 Å². The van der Waals surface area contributed by atoms with E-state index < -0.39 is 0 Å². The molecular formula is C16H21N5O2. The zero-order valence-electron chi connectivity index (χ0n) is 14.0. The molecule has 0 radical (unpaired) electrons. The predicted octanol–water partition coefficient (Wildman–Crippen LogP) is 1.87. The van der Waals surface area contributed by atoms with Crippen LogP contribution in [0.15, 0.2) is 30.5 Å². The van der Waals surface area contributed by atoms with E-state index in [1.54, 1.807) is 42.5 Å². The lowest BCUT2D eigenvalue weighted by atomic mass is 10.2. The van der Waals surface area contributed by atoms with Crippen LogP contribution in [0, 0.1) is 0 Å². The van der Waals surface area contributed by atoms with Crippen LogP contribution in [0.4, 0.5) is 17.5 Å². The largest absolute Gasteiger partial charge is 0.497 e. The molecule has 0 saturated heterocycles. The van der Waals surface area contributed by atoms with Gasteiger partial charge in [0.05, 0.1) is 13.3 Å². The van der Waals surface area contributed by atoms with Crippen LogP contribution in [0.2, 0.25) is 0 Å². The van der Waals surface area contributed by atoms with Crippen molar-refractivity contribution in [1.29, 1.82) is 0 Å². The van der Waals surface area contributed by atoms with Gasteiger partial charge in [0.2, 0.25) is 5.95 Å². The number of anilines is 3. The average Bonchev–Trinajstić information content (AvgIpc) is 2.54. The van der Waals surface area contributed by atoms with Crippen LogP contribution in [0.3, 0.4) is 0 Å². The maximum Gasteiger partial charge on any atom is 0.255 e. The van der Waals surface area contributed by atoms with Gasteiger partial charge in [0.1, 0.15) is 11.4 Å². The van der Waals surface area contributed by atoms with Crippen molar-refractivity contribution >= 4 is 23.4 Å². The van der Waals surface area contributed by atoms with E-state index in [1.165, 1.54) is 0 Å². The number of benzene rings is 1. The minimum absolute atomic E-state index is 0.242. The van der Waals surface area contributed by atoms with Gasteiger partial charge in [0.15, 0.2) is 5.82 Å². The first kappa shape index (κ1) is 16.5. The number of rotatable bonds is 5. The van der Waals surface area contributed by atoms with Gasteiger partial charge >= 0.3 is 0 Å². The molecule has 0 atom stereocenters. The Hall–Kier alpha value is -2.83. The van der Waals surface area contributed by atoms with Crippen molar-refractivity contribution in [3.8, 4) is 5.75 Å². The molecule has 0 saturated carbocycles. The molecule has 0 fully saturated rings. The van der Waals surface area contributed by atoms with Crippen molar-refractivity contribution in [2.75, 3.05) is 50.4 Å². The van der Waals surface area contributed by atoms with Gasteiger partial charge in [-0.1, -0.05) is 6.07 Å². The molecule has 1 amide bonds. The van der Waals surface area contributed by atoms with E-state index in [0.717, 1.165) is 0 Å². The van der Waals surface area contributed by atoms with E-state index in [4.69, 9.17) is 4.74 Å². The summed E-state index contributed by atoms with van der Waals surface area (Å²) in [4.78, 5) is 24.8. The normalized spacial score (nSPS) is 10.1. The molecule has 7 nitrogen and oxygen atoms in total. The summed E-state index contributed by atoms with van der Waals surface area (Å²) in [5.41, 5.74) is 1.05. The van der Waals surface area contributed by atoms with Crippen molar-refractivity contribution in [2.45, 2.75) is 0 Å². The Bertz CT molecular complexity index is 701. The third-order valence-electron chi connectivity index (χ3n) is 3.16. The maximum absolute atomic E-state index is 12.4. The number of methoxy groups -OCH3 is 1. The Morgan fingerprint density at radius 3 is 2.52 bits per heavy atom. The average molecular weight is 315 g/mol. The fourth-order valence-corrected chi connectivity index (χ4v) is 1.97. The minimum Gasteiger partial charge on any atom is -0.497 e. The van der Waals surface area contributed by atoms with E-state index in [2.05, 4.69) is 15.3 Å². The van der Waals surface area contributed by atoms with Crippen molar-refractivity contribution in [1.82, 2.24) is 9.97 Å². The predicted molar refractivity (Wildman–Crippen MR) is 91.6 cm³/mol. The summed E-state index contributed by atoms with van der Waals surface area (Å²) in [6.45, 7) is 0. The molecule has 0 unspecified atom stereocenters. The lowest BCUT2D eigenvalue weighted by molar-refractivity contribution is 0.102. The summed E-state index contributed by atoms with van der Waals surface area (Å²) in [6, 6.07) is 6.96. The second-order valence-corrected chi connectivity index (χ2v) is 5.38. The summed E-state index contributed by atoms with van der Waals surface area (Å²) in [5.74, 6) is 1.60. The van der Waals surface area contributed by atoms with Crippen molar-refractivity contribution in [3.63, 3.8) is 0 Å². The van der Waals surface area contributed by atoms with Gasteiger partial charge in [-0.05, 0) is 18.2 Å². The molecule has 1 aromatic heterocycles. The SMILES string of the molecule is COc1cccc(C(=O)Nc2cnc(N(C)C)nc2N(C)C)c1. The van der Waals surface area contributed by atoms with Crippen LogP contribution < -0.4 is 19.9 Å². The van der Waals surface area contributed by atoms with Crippen LogP contribution in [0.25, 0.3) is 0 Å². The van der Waals surface area contributed by atoms with Crippen molar-refractivity contribution in [2.24, 2.45) is 0 Å². The van der Waals surface area contributed by atoms with Gasteiger partial charge < -0.3 is 19.9 Å². The summed E-state index contributed by atoms with van der Waals surface area (Å²) >= 11 is 0. The number of hydrogen-bond donors (Lipinski definition) is 1. The summed E-state index contributed by atoms with van der Waals surface area (Å²) < 4.78 is 5.14. The molecule has 0 bridgehead atoms. The van der Waals surface area contributed by atoms with Crippen LogP contribution in [-0.4, -0.2) is 51.2 Å². The monoisotopic (exact) mass is 315 g/mol. The maximum atomic E-state index is 12.4. The Kier molecular flexibility index (Phi) is 5.00. The highest BCUT2D eigenvalue weighted by Crippen LogP contribution is 2.24. The van der Waals surface area contributed by atoms with E-state index in [0.29, 0.717) is 28.8 Å². The first-order valence-electron chi connectivity index (χ1n) is 7.09. The number of ether oxygens (including phenoxy) is 1. The number of nitrogens with one attached hydrogen (secondary N) is 1. The first-order valence-corrected chi connectivity index (χ1v) is 7.09. The third-order valence-corrected chi connectivity index (χ3v) is 3.16. The number of nitrogens with zero attached hydrogens (tertiary/aromatic N) is 4. The van der Waals surface area contributed by atoms with Crippen LogP contribution in [0.1, 0.15) is 10.4 Å². The molecule has 122 valence electrons. The van der Waals surface area contributed by atoms with Gasteiger partial charge in [-0.3, -0.25) is 4.79 Å². The molecule has 23 heavy (non-hydrogen) atoms. The van der Waals surface area contributed by atoms with Gasteiger partial charge in [-0.25, -0.2) is 4.98 Å². The fraction of sp³-hybridized carbons (Fsp3) is 0.312. The number of aromatic nitrogens is 2.